The fraction of sp³-hybridized carbons (Fsp3) is 0.0476. The maximum atomic E-state index is 12.6. The second kappa shape index (κ2) is 6.11. The van der Waals surface area contributed by atoms with E-state index in [-0.39, 0.29) is 11.7 Å². The van der Waals surface area contributed by atoms with E-state index in [1.165, 1.54) is 6.08 Å². The summed E-state index contributed by atoms with van der Waals surface area (Å²) in [5.74, 6) is -0.201. The van der Waals surface area contributed by atoms with Crippen LogP contribution in [0.4, 0.5) is 0 Å². The zero-order valence-corrected chi connectivity index (χ0v) is 15.4. The van der Waals surface area contributed by atoms with Gasteiger partial charge in [-0.05, 0) is 57.5 Å². The normalized spacial score (nSPS) is 22.4. The first-order valence-corrected chi connectivity index (χ1v) is 8.99. The van der Waals surface area contributed by atoms with Crippen molar-refractivity contribution in [2.75, 3.05) is 0 Å². The van der Waals surface area contributed by atoms with Crippen molar-refractivity contribution in [2.45, 2.75) is 5.54 Å². The Hall–Kier alpha value is -2.47. The SMILES string of the molecule is O=C1C=CC2(NC(=O)C(I)=C2c2ccccc2)C(c2ccccc2)=C1. The average molecular weight is 439 g/mol. The fourth-order valence-electron chi connectivity index (χ4n) is 3.40. The van der Waals surface area contributed by atoms with Crippen molar-refractivity contribution < 1.29 is 9.59 Å². The first-order chi connectivity index (χ1) is 12.1. The van der Waals surface area contributed by atoms with E-state index < -0.39 is 5.54 Å². The minimum absolute atomic E-state index is 0.0759. The third kappa shape index (κ3) is 2.57. The van der Waals surface area contributed by atoms with Crippen molar-refractivity contribution in [1.82, 2.24) is 5.32 Å². The lowest BCUT2D eigenvalue weighted by atomic mass is 9.75. The highest BCUT2D eigenvalue weighted by Crippen LogP contribution is 2.47. The van der Waals surface area contributed by atoms with Gasteiger partial charge in [-0.25, -0.2) is 0 Å². The molecule has 1 aliphatic heterocycles. The Morgan fingerprint density at radius 1 is 0.840 bits per heavy atom. The van der Waals surface area contributed by atoms with Gasteiger partial charge in [0.2, 0.25) is 0 Å². The number of hydrogen-bond donors (Lipinski definition) is 1. The van der Waals surface area contributed by atoms with Crippen LogP contribution in [-0.4, -0.2) is 17.2 Å². The number of nitrogens with one attached hydrogen (secondary N) is 1. The van der Waals surface area contributed by atoms with Gasteiger partial charge in [0.1, 0.15) is 5.54 Å². The molecule has 4 rings (SSSR count). The summed E-state index contributed by atoms with van der Waals surface area (Å²) >= 11 is 2.09. The number of carbonyl (C=O) groups excluding carboxylic acids is 2. The Morgan fingerprint density at radius 2 is 1.44 bits per heavy atom. The van der Waals surface area contributed by atoms with Crippen LogP contribution in [0.1, 0.15) is 11.1 Å². The van der Waals surface area contributed by atoms with Crippen LogP contribution in [0.25, 0.3) is 11.1 Å². The molecule has 1 spiro atoms. The van der Waals surface area contributed by atoms with Crippen molar-refractivity contribution in [3.8, 4) is 0 Å². The lowest BCUT2D eigenvalue weighted by Crippen LogP contribution is -2.45. The molecule has 25 heavy (non-hydrogen) atoms. The molecule has 0 saturated carbocycles. The molecule has 1 aliphatic carbocycles. The Kier molecular flexibility index (Phi) is 3.92. The fourth-order valence-corrected chi connectivity index (χ4v) is 4.27. The van der Waals surface area contributed by atoms with E-state index in [0.29, 0.717) is 3.58 Å². The highest BCUT2D eigenvalue weighted by Gasteiger charge is 2.47. The van der Waals surface area contributed by atoms with Crippen molar-refractivity contribution in [1.29, 1.82) is 0 Å². The number of amides is 1. The average Bonchev–Trinajstić information content (AvgIpc) is 2.89. The molecule has 1 amide bonds. The summed E-state index contributed by atoms with van der Waals surface area (Å²) in [7, 11) is 0. The summed E-state index contributed by atoms with van der Waals surface area (Å²) in [5.41, 5.74) is 2.73. The molecule has 0 bridgehead atoms. The van der Waals surface area contributed by atoms with Gasteiger partial charge in [-0.15, -0.1) is 0 Å². The standard InChI is InChI=1S/C21H14INO2/c22-19-18(15-9-5-2-6-10-15)21(23-20(19)25)12-11-16(24)13-17(21)14-7-3-1-4-8-14/h1-13H,(H,23,25). The number of ketones is 1. The molecule has 1 atom stereocenters. The molecule has 0 radical (unpaired) electrons. The highest BCUT2D eigenvalue weighted by atomic mass is 127. The molecular weight excluding hydrogens is 425 g/mol. The molecule has 3 nitrogen and oxygen atoms in total. The first kappa shape index (κ1) is 16.0. The van der Waals surface area contributed by atoms with Crippen LogP contribution in [0.2, 0.25) is 0 Å². The second-order valence-corrected chi connectivity index (χ2v) is 7.06. The maximum Gasteiger partial charge on any atom is 0.259 e. The van der Waals surface area contributed by atoms with Crippen LogP contribution >= 0.6 is 22.6 Å². The van der Waals surface area contributed by atoms with Gasteiger partial charge in [0.25, 0.3) is 5.91 Å². The molecule has 2 aromatic carbocycles. The zero-order chi connectivity index (χ0) is 17.4. The summed E-state index contributed by atoms with van der Waals surface area (Å²) in [6, 6.07) is 19.5. The maximum absolute atomic E-state index is 12.6. The Morgan fingerprint density at radius 3 is 2.08 bits per heavy atom. The molecule has 1 heterocycles. The van der Waals surface area contributed by atoms with Gasteiger partial charge in [0.15, 0.2) is 5.78 Å². The zero-order valence-electron chi connectivity index (χ0n) is 13.2. The van der Waals surface area contributed by atoms with E-state index in [1.54, 1.807) is 6.08 Å². The Labute approximate surface area is 159 Å². The lowest BCUT2D eigenvalue weighted by molar-refractivity contribution is -0.116. The minimum atomic E-state index is -0.829. The number of carbonyl (C=O) groups is 2. The summed E-state index contributed by atoms with van der Waals surface area (Å²) in [4.78, 5) is 24.7. The van der Waals surface area contributed by atoms with Gasteiger partial charge in [-0.2, -0.15) is 0 Å². The van der Waals surface area contributed by atoms with Gasteiger partial charge in [0, 0.05) is 5.57 Å². The van der Waals surface area contributed by atoms with Gasteiger partial charge in [-0.3, -0.25) is 9.59 Å². The van der Waals surface area contributed by atoms with Gasteiger partial charge >= 0.3 is 0 Å². The van der Waals surface area contributed by atoms with Crippen LogP contribution < -0.4 is 5.32 Å². The second-order valence-electron chi connectivity index (χ2n) is 5.98. The van der Waals surface area contributed by atoms with Crippen LogP contribution in [0.5, 0.6) is 0 Å². The predicted octanol–water partition coefficient (Wildman–Crippen LogP) is 3.92. The van der Waals surface area contributed by atoms with Gasteiger partial charge in [0.05, 0.1) is 3.58 Å². The molecule has 1 N–H and O–H groups in total. The van der Waals surface area contributed by atoms with E-state index in [9.17, 15) is 9.59 Å². The molecule has 2 aliphatic rings. The molecular formula is C21H14INO2. The first-order valence-electron chi connectivity index (χ1n) is 7.91. The molecule has 122 valence electrons. The quantitative estimate of drug-likeness (QED) is 0.722. The topological polar surface area (TPSA) is 46.2 Å². The number of allylic oxidation sites excluding steroid dienone is 2. The van der Waals surface area contributed by atoms with Crippen LogP contribution in [0.15, 0.2) is 82.5 Å². The number of halogens is 1. The summed E-state index contributed by atoms with van der Waals surface area (Å²) in [6.07, 6.45) is 4.96. The molecule has 0 fully saturated rings. The molecule has 1 unspecified atom stereocenters. The lowest BCUT2D eigenvalue weighted by Gasteiger charge is -2.34. The van der Waals surface area contributed by atoms with E-state index in [1.807, 2.05) is 66.7 Å². The van der Waals surface area contributed by atoms with Crippen LogP contribution in [-0.2, 0) is 9.59 Å². The number of benzene rings is 2. The van der Waals surface area contributed by atoms with E-state index in [0.717, 1.165) is 22.3 Å². The Bertz CT molecular complexity index is 958. The number of rotatable bonds is 2. The predicted molar refractivity (Wildman–Crippen MR) is 107 cm³/mol. The molecule has 2 aromatic rings. The van der Waals surface area contributed by atoms with E-state index >= 15 is 0 Å². The van der Waals surface area contributed by atoms with Crippen molar-refractivity contribution in [2.24, 2.45) is 0 Å². The smallest absolute Gasteiger partial charge is 0.259 e. The van der Waals surface area contributed by atoms with E-state index in [4.69, 9.17) is 0 Å². The summed E-state index contributed by atoms with van der Waals surface area (Å²) < 4.78 is 0.643. The summed E-state index contributed by atoms with van der Waals surface area (Å²) in [6.45, 7) is 0. The van der Waals surface area contributed by atoms with Crippen molar-refractivity contribution in [3.05, 3.63) is 93.6 Å². The number of hydrogen-bond acceptors (Lipinski definition) is 2. The van der Waals surface area contributed by atoms with Crippen LogP contribution in [0, 0.1) is 0 Å². The van der Waals surface area contributed by atoms with Crippen molar-refractivity contribution >= 4 is 45.4 Å². The Balaban J connectivity index is 1.98. The van der Waals surface area contributed by atoms with Gasteiger partial charge < -0.3 is 5.32 Å². The third-order valence-electron chi connectivity index (χ3n) is 4.48. The van der Waals surface area contributed by atoms with E-state index in [2.05, 4.69) is 27.9 Å². The monoisotopic (exact) mass is 439 g/mol. The minimum Gasteiger partial charge on any atom is -0.334 e. The third-order valence-corrected chi connectivity index (χ3v) is 5.51. The highest BCUT2D eigenvalue weighted by molar-refractivity contribution is 14.1. The summed E-state index contributed by atoms with van der Waals surface area (Å²) in [5, 5.41) is 3.11. The van der Waals surface area contributed by atoms with Gasteiger partial charge in [-0.1, -0.05) is 60.7 Å². The van der Waals surface area contributed by atoms with Crippen molar-refractivity contribution in [3.63, 3.8) is 0 Å². The largest absolute Gasteiger partial charge is 0.334 e. The molecule has 0 aromatic heterocycles. The molecule has 0 saturated heterocycles. The molecule has 4 heteroatoms. The van der Waals surface area contributed by atoms with Crippen LogP contribution in [0.3, 0.4) is 0 Å².